The number of aromatic hydroxyl groups is 1. The number of carbonyl (C=O) groups excluding carboxylic acids is 13. The van der Waals surface area contributed by atoms with E-state index in [1.54, 1.807) is 13.8 Å². The van der Waals surface area contributed by atoms with Crippen LogP contribution in [0.2, 0.25) is 0 Å². The van der Waals surface area contributed by atoms with Crippen LogP contribution in [0, 0.1) is 11.8 Å². The molecule has 22 N–H and O–H groups in total. The number of carboxylic acids is 2. The second kappa shape index (κ2) is 37.2. The molecule has 0 radical (unpaired) electrons. The van der Waals surface area contributed by atoms with Crippen LogP contribution in [-0.2, 0) is 84.8 Å². The molecule has 2 aromatic rings. The number of benzene rings is 1. The number of phenolic OH excluding ortho intramolecular Hbond substituents is 1. The Morgan fingerprint density at radius 1 is 0.568 bits per heavy atom. The molecule has 0 fully saturated rings. The lowest BCUT2D eigenvalue weighted by Gasteiger charge is -2.28. The lowest BCUT2D eigenvalue weighted by Crippen LogP contribution is -2.62. The highest BCUT2D eigenvalue weighted by atomic mass is 32.1. The fourth-order valence-corrected chi connectivity index (χ4v) is 8.01. The minimum absolute atomic E-state index is 0.0198. The SMILES string of the molecule is CC[C@H](C)[C@H](NC(=O)[C@@H](N)CS)C(=O)N[C@@H](Cc1ccc(O)cc1)C(=O)NCC(=O)NCC(=O)N[C@H](C(=O)N[C@H](C(=O)N[C@@H](CC(N)=O)C(=O)N[C@@H](Cc1cnc[nH]1)C(=O)N[C@@H](CCC(=O)O)C(=O)NCC(=O)N[C@@H](CC(N)=O)C(=O)O)[C@@H](C)O)C(C)C. The fourth-order valence-electron chi connectivity index (χ4n) is 7.84. The first-order valence-corrected chi connectivity index (χ1v) is 27.9. The van der Waals surface area contributed by atoms with Crippen LogP contribution in [0.15, 0.2) is 36.8 Å². The quantitative estimate of drug-likeness (QED) is 0.0277. The number of phenols is 1. The lowest BCUT2D eigenvalue weighted by atomic mass is 9.97. The molecule has 1 heterocycles. The number of hydrogen-bond donors (Lipinski definition) is 20. The van der Waals surface area contributed by atoms with Crippen molar-refractivity contribution in [1.82, 2.24) is 68.5 Å². The smallest absolute Gasteiger partial charge is 0.326 e. The van der Waals surface area contributed by atoms with Gasteiger partial charge in [0.15, 0.2) is 0 Å². The molecule has 0 spiro atoms. The summed E-state index contributed by atoms with van der Waals surface area (Å²) < 4.78 is 0. The van der Waals surface area contributed by atoms with Crippen LogP contribution in [0.1, 0.15) is 78.0 Å². The van der Waals surface area contributed by atoms with Crippen molar-refractivity contribution in [3.05, 3.63) is 48.0 Å². The number of aliphatic carboxylic acids is 2. The average Bonchev–Trinajstić information content (AvgIpc) is 3.71. The molecular formula is C52H78N16O19S. The Labute approximate surface area is 508 Å². The van der Waals surface area contributed by atoms with Gasteiger partial charge in [0.05, 0.1) is 50.9 Å². The highest BCUT2D eigenvalue weighted by molar-refractivity contribution is 7.80. The van der Waals surface area contributed by atoms with Gasteiger partial charge in [-0.2, -0.15) is 12.6 Å². The van der Waals surface area contributed by atoms with E-state index in [1.165, 1.54) is 50.6 Å². The van der Waals surface area contributed by atoms with Crippen molar-refractivity contribution in [2.24, 2.45) is 29.0 Å². The highest BCUT2D eigenvalue weighted by Gasteiger charge is 2.37. The van der Waals surface area contributed by atoms with Crippen molar-refractivity contribution in [3.63, 3.8) is 0 Å². The second-order valence-electron chi connectivity index (χ2n) is 20.5. The monoisotopic (exact) mass is 1260 g/mol. The fraction of sp³-hybridized carbons (Fsp3) is 0.538. The second-order valence-corrected chi connectivity index (χ2v) is 20.9. The number of H-pyrrole nitrogens is 1. The van der Waals surface area contributed by atoms with Crippen molar-refractivity contribution in [3.8, 4) is 5.75 Å². The minimum atomic E-state index is -1.96. The number of aromatic nitrogens is 2. The number of nitrogens with two attached hydrogens (primary N) is 3. The lowest BCUT2D eigenvalue weighted by molar-refractivity contribution is -0.143. The van der Waals surface area contributed by atoms with Crippen LogP contribution >= 0.6 is 12.6 Å². The highest BCUT2D eigenvalue weighted by Crippen LogP contribution is 2.14. The molecule has 0 aliphatic carbocycles. The van der Waals surface area contributed by atoms with Crippen molar-refractivity contribution >= 4 is 101 Å². The van der Waals surface area contributed by atoms with Crippen molar-refractivity contribution in [1.29, 1.82) is 0 Å². The molecule has 486 valence electrons. The van der Waals surface area contributed by atoms with Gasteiger partial charge in [-0.15, -0.1) is 0 Å². The topological polar surface area (TPSA) is 576 Å². The molecule has 1 aromatic heterocycles. The molecule has 1 aromatic carbocycles. The molecule has 13 amide bonds. The van der Waals surface area contributed by atoms with E-state index >= 15 is 0 Å². The van der Waals surface area contributed by atoms with Gasteiger partial charge in [-0.3, -0.25) is 67.1 Å². The molecule has 11 atom stereocenters. The number of carboxylic acid groups (broad SMARTS) is 2. The number of aliphatic hydroxyl groups excluding tert-OH is 1. The molecule has 0 aliphatic heterocycles. The van der Waals surface area contributed by atoms with Gasteiger partial charge in [0, 0.05) is 36.9 Å². The number of rotatable bonds is 39. The summed E-state index contributed by atoms with van der Waals surface area (Å²) in [5.74, 6) is -17.9. The van der Waals surface area contributed by atoms with E-state index in [2.05, 4.69) is 75.8 Å². The first-order chi connectivity index (χ1) is 41.3. The first-order valence-electron chi connectivity index (χ1n) is 27.3. The van der Waals surface area contributed by atoms with Crippen LogP contribution in [-0.4, -0.2) is 205 Å². The van der Waals surface area contributed by atoms with Crippen LogP contribution in [0.4, 0.5) is 0 Å². The maximum atomic E-state index is 13.9. The number of aliphatic hydroxyl groups is 1. The third kappa shape index (κ3) is 26.9. The standard InChI is InChI=1S/C52H78N16O19S/c1-6-24(4)42(67-44(78)29(53)21-88)50(84)64-31(13-26-7-9-28(70)10-8-26)46(80)58-18-37(73)57-19-39(75)66-41(23(2)3)49(83)68-43(25(5)69)51(85)65-33(15-35(54)71)48(82)63-32(14-27-17-56-22-60-27)47(81)62-30(11-12-40(76)77)45(79)59-20-38(74)61-34(52(86)87)16-36(55)72/h7-10,17,22-25,29-34,41-43,69-70,88H,6,11-16,18-21,53H2,1-5H3,(H2,54,71)(H2,55,72)(H,56,60)(H,57,73)(H,58,80)(H,59,79)(H,61,74)(H,62,81)(H,63,82)(H,64,84)(H,65,85)(H,66,75)(H,67,78)(H,68,83)(H,76,77)(H,86,87)/t24-,25+,29-,30-,31-,32-,33-,34-,41-,42-,43-/m0/s1. The van der Waals surface area contributed by atoms with Gasteiger partial charge in [0.1, 0.15) is 54.1 Å². The summed E-state index contributed by atoms with van der Waals surface area (Å²) in [7, 11) is 0. The minimum Gasteiger partial charge on any atom is -0.508 e. The van der Waals surface area contributed by atoms with E-state index in [-0.39, 0.29) is 23.6 Å². The average molecular weight is 1260 g/mol. The van der Waals surface area contributed by atoms with Gasteiger partial charge in [0.2, 0.25) is 76.8 Å². The van der Waals surface area contributed by atoms with Crippen LogP contribution in [0.25, 0.3) is 0 Å². The van der Waals surface area contributed by atoms with E-state index in [0.29, 0.717) is 12.0 Å². The Hall–Kier alpha value is -9.45. The van der Waals surface area contributed by atoms with Gasteiger partial charge in [-0.25, -0.2) is 9.78 Å². The normalized spacial score (nSPS) is 14.7. The Bertz CT molecular complexity index is 2810. The van der Waals surface area contributed by atoms with Crippen LogP contribution < -0.4 is 75.7 Å². The van der Waals surface area contributed by atoms with Crippen molar-refractivity contribution in [2.75, 3.05) is 25.4 Å². The van der Waals surface area contributed by atoms with E-state index in [4.69, 9.17) is 17.2 Å². The molecular weight excluding hydrogens is 1180 g/mol. The maximum Gasteiger partial charge on any atom is 0.326 e. The molecule has 88 heavy (non-hydrogen) atoms. The predicted molar refractivity (Wildman–Crippen MR) is 309 cm³/mol. The van der Waals surface area contributed by atoms with Gasteiger partial charge in [0.25, 0.3) is 0 Å². The number of thiol groups is 1. The largest absolute Gasteiger partial charge is 0.508 e. The molecule has 0 bridgehead atoms. The van der Waals surface area contributed by atoms with E-state index in [9.17, 15) is 92.3 Å². The molecule has 0 unspecified atom stereocenters. The Kier molecular flexibility index (Phi) is 31.5. The molecule has 0 saturated heterocycles. The Morgan fingerprint density at radius 3 is 1.59 bits per heavy atom. The number of aromatic amines is 1. The van der Waals surface area contributed by atoms with Gasteiger partial charge in [-0.1, -0.05) is 46.2 Å². The van der Waals surface area contributed by atoms with E-state index in [1.807, 2.05) is 5.32 Å². The number of nitrogens with zero attached hydrogens (tertiary/aromatic N) is 1. The summed E-state index contributed by atoms with van der Waals surface area (Å²) in [6.45, 7) is 5.05. The van der Waals surface area contributed by atoms with Crippen molar-refractivity contribution in [2.45, 2.75) is 140 Å². The number of hydrogen-bond acceptors (Lipinski definition) is 20. The Balaban J connectivity index is 2.23. The summed E-state index contributed by atoms with van der Waals surface area (Å²) in [6.07, 6.45) is -2.61. The predicted octanol–water partition coefficient (Wildman–Crippen LogP) is -7.83. The Morgan fingerprint density at radius 2 is 1.06 bits per heavy atom. The molecule has 35 nitrogen and oxygen atoms in total. The third-order valence-corrected chi connectivity index (χ3v) is 13.3. The number of carbonyl (C=O) groups is 15. The van der Waals surface area contributed by atoms with Crippen molar-refractivity contribution < 1.29 is 92.3 Å². The summed E-state index contributed by atoms with van der Waals surface area (Å²) >= 11 is 4.03. The van der Waals surface area contributed by atoms with Crippen LogP contribution in [0.5, 0.6) is 5.75 Å². The summed E-state index contributed by atoms with van der Waals surface area (Å²) in [5.41, 5.74) is 16.9. The molecule has 0 saturated carbocycles. The number of primary amides is 2. The molecule has 36 heteroatoms. The number of amides is 13. The summed E-state index contributed by atoms with van der Waals surface area (Å²) in [6, 6.07) is -8.48. The van der Waals surface area contributed by atoms with Gasteiger partial charge >= 0.3 is 11.9 Å². The van der Waals surface area contributed by atoms with E-state index < -0.39 is 213 Å². The number of imidazole rings is 1. The molecule has 0 aliphatic rings. The summed E-state index contributed by atoms with van der Waals surface area (Å²) in [5, 5.41) is 64.4. The summed E-state index contributed by atoms with van der Waals surface area (Å²) in [4.78, 5) is 200. The number of nitrogens with one attached hydrogen (secondary N) is 12. The van der Waals surface area contributed by atoms with Gasteiger partial charge < -0.3 is 101 Å². The zero-order valence-corrected chi connectivity index (χ0v) is 49.6. The maximum absolute atomic E-state index is 13.9. The zero-order valence-electron chi connectivity index (χ0n) is 48.7. The van der Waals surface area contributed by atoms with E-state index in [0.717, 1.165) is 6.92 Å². The van der Waals surface area contributed by atoms with Gasteiger partial charge in [-0.05, 0) is 42.9 Å². The first kappa shape index (κ1) is 74.6. The molecule has 2 rings (SSSR count). The zero-order chi connectivity index (χ0) is 66.5. The van der Waals surface area contributed by atoms with Crippen LogP contribution in [0.3, 0.4) is 0 Å². The third-order valence-electron chi connectivity index (χ3n) is 12.9.